The molecule has 0 aromatic carbocycles. The lowest BCUT2D eigenvalue weighted by Crippen LogP contribution is -2.48. The summed E-state index contributed by atoms with van der Waals surface area (Å²) in [5.74, 6) is 0.0771. The number of carbonyl (C=O) groups excluding carboxylic acids is 2. The molecule has 0 aliphatic rings. The zero-order valence-corrected chi connectivity index (χ0v) is 15.4. The summed E-state index contributed by atoms with van der Waals surface area (Å²) in [7, 11) is 0. The largest absolute Gasteiger partial charge is 0.464 e. The van der Waals surface area contributed by atoms with E-state index in [-0.39, 0.29) is 17.9 Å². The van der Waals surface area contributed by atoms with E-state index in [0.29, 0.717) is 18.9 Å². The zero-order valence-electron chi connectivity index (χ0n) is 15.4. The highest BCUT2D eigenvalue weighted by Crippen LogP contribution is 2.15. The predicted octanol–water partition coefficient (Wildman–Crippen LogP) is 4.17. The maximum absolute atomic E-state index is 12.5. The minimum absolute atomic E-state index is 0.0558. The third-order valence-electron chi connectivity index (χ3n) is 3.92. The summed E-state index contributed by atoms with van der Waals surface area (Å²) in [6, 6.07) is -0.451. The van der Waals surface area contributed by atoms with Crippen LogP contribution in [-0.2, 0) is 14.3 Å². The van der Waals surface area contributed by atoms with Gasteiger partial charge in [-0.2, -0.15) is 0 Å². The lowest BCUT2D eigenvalue weighted by atomic mass is 10.1. The quantitative estimate of drug-likeness (QED) is 0.425. The molecular weight excluding hydrogens is 278 g/mol. The van der Waals surface area contributed by atoms with Gasteiger partial charge in [0.05, 0.1) is 6.61 Å². The van der Waals surface area contributed by atoms with Gasteiger partial charge in [0.1, 0.15) is 6.04 Å². The molecule has 0 N–H and O–H groups in total. The summed E-state index contributed by atoms with van der Waals surface area (Å²) < 4.78 is 5.30. The van der Waals surface area contributed by atoms with Crippen molar-refractivity contribution in [3.8, 4) is 0 Å². The van der Waals surface area contributed by atoms with Gasteiger partial charge < -0.3 is 9.64 Å². The van der Waals surface area contributed by atoms with Gasteiger partial charge in [0.2, 0.25) is 5.91 Å². The van der Waals surface area contributed by atoms with Crippen LogP contribution in [0.25, 0.3) is 0 Å². The molecule has 0 bridgehead atoms. The van der Waals surface area contributed by atoms with Crippen molar-refractivity contribution in [1.29, 1.82) is 0 Å². The molecule has 0 radical (unpaired) electrons. The Labute approximate surface area is 136 Å². The molecule has 0 fully saturated rings. The molecule has 1 amide bonds. The van der Waals surface area contributed by atoms with Gasteiger partial charge in [-0.15, -0.1) is 0 Å². The smallest absolute Gasteiger partial charge is 0.328 e. The third-order valence-corrected chi connectivity index (χ3v) is 3.92. The predicted molar refractivity (Wildman–Crippen MR) is 90.6 cm³/mol. The molecule has 0 aliphatic carbocycles. The number of nitrogens with zero attached hydrogens (tertiary/aromatic N) is 1. The molecule has 0 spiro atoms. The zero-order chi connectivity index (χ0) is 17.1. The summed E-state index contributed by atoms with van der Waals surface area (Å²) >= 11 is 0. The maximum Gasteiger partial charge on any atom is 0.328 e. The molecule has 0 saturated heterocycles. The van der Waals surface area contributed by atoms with Crippen LogP contribution in [0.15, 0.2) is 0 Å². The average Bonchev–Trinajstić information content (AvgIpc) is 2.48. The molecule has 0 saturated carbocycles. The van der Waals surface area contributed by atoms with E-state index < -0.39 is 6.04 Å². The third kappa shape index (κ3) is 7.81. The van der Waals surface area contributed by atoms with Gasteiger partial charge in [0.25, 0.3) is 0 Å². The highest BCUT2D eigenvalue weighted by molar-refractivity contribution is 5.84. The lowest BCUT2D eigenvalue weighted by Gasteiger charge is -2.33. The Bertz CT molecular complexity index is 328. The number of hydrogen-bond acceptors (Lipinski definition) is 3. The first kappa shape index (κ1) is 20.9. The topological polar surface area (TPSA) is 46.6 Å². The number of unbranched alkanes of at least 4 members (excludes halogenated alkanes) is 3. The second kappa shape index (κ2) is 11.5. The Morgan fingerprint density at radius 2 is 1.64 bits per heavy atom. The van der Waals surface area contributed by atoms with Crippen molar-refractivity contribution in [2.45, 2.75) is 92.2 Å². The molecule has 2 unspecified atom stereocenters. The molecule has 0 heterocycles. The molecule has 0 aliphatic heterocycles. The van der Waals surface area contributed by atoms with Crippen LogP contribution in [-0.4, -0.2) is 35.5 Å². The molecule has 2 atom stereocenters. The van der Waals surface area contributed by atoms with Crippen LogP contribution >= 0.6 is 0 Å². The van der Waals surface area contributed by atoms with E-state index in [9.17, 15) is 9.59 Å². The van der Waals surface area contributed by atoms with Crippen molar-refractivity contribution in [2.24, 2.45) is 5.92 Å². The number of ether oxygens (including phenoxy) is 1. The molecule has 0 aromatic heterocycles. The Balaban J connectivity index is 4.66. The van der Waals surface area contributed by atoms with E-state index in [1.165, 1.54) is 0 Å². The Kier molecular flexibility index (Phi) is 10.9. The van der Waals surface area contributed by atoms with Crippen LogP contribution in [0.3, 0.4) is 0 Å². The second-order valence-corrected chi connectivity index (χ2v) is 6.57. The molecule has 130 valence electrons. The van der Waals surface area contributed by atoms with Crippen LogP contribution in [0.4, 0.5) is 0 Å². The number of hydrogen-bond donors (Lipinski definition) is 0. The van der Waals surface area contributed by atoms with E-state index >= 15 is 0 Å². The van der Waals surface area contributed by atoms with Gasteiger partial charge in [0, 0.05) is 12.5 Å². The standard InChI is InChI=1S/C18H35NO3/c1-7-9-10-11-12-17(20)19(15(5)8-2)16(6)18(21)22-13-14(3)4/h14-16H,7-13H2,1-6H3. The minimum atomic E-state index is -0.507. The van der Waals surface area contributed by atoms with E-state index in [1.54, 1.807) is 11.8 Å². The van der Waals surface area contributed by atoms with E-state index in [2.05, 4.69) is 6.92 Å². The fraction of sp³-hybridized carbons (Fsp3) is 0.889. The molecule has 4 nitrogen and oxygen atoms in total. The van der Waals surface area contributed by atoms with Gasteiger partial charge in [-0.1, -0.05) is 47.0 Å². The van der Waals surface area contributed by atoms with Gasteiger partial charge in [0.15, 0.2) is 0 Å². The van der Waals surface area contributed by atoms with Crippen molar-refractivity contribution < 1.29 is 14.3 Å². The number of rotatable bonds is 11. The summed E-state index contributed by atoms with van der Waals surface area (Å²) in [5.41, 5.74) is 0. The monoisotopic (exact) mass is 313 g/mol. The van der Waals surface area contributed by atoms with Crippen molar-refractivity contribution >= 4 is 11.9 Å². The normalized spacial score (nSPS) is 13.8. The lowest BCUT2D eigenvalue weighted by molar-refractivity contribution is -0.157. The highest BCUT2D eigenvalue weighted by atomic mass is 16.5. The first-order valence-corrected chi connectivity index (χ1v) is 8.82. The van der Waals surface area contributed by atoms with Crippen LogP contribution in [0.1, 0.15) is 80.1 Å². The molecule has 0 rings (SSSR count). The molecule has 22 heavy (non-hydrogen) atoms. The summed E-state index contributed by atoms with van der Waals surface area (Å²) in [6.45, 7) is 12.4. The van der Waals surface area contributed by atoms with Gasteiger partial charge in [-0.3, -0.25) is 4.79 Å². The molecule has 0 aromatic rings. The van der Waals surface area contributed by atoms with Gasteiger partial charge >= 0.3 is 5.97 Å². The van der Waals surface area contributed by atoms with Crippen LogP contribution < -0.4 is 0 Å². The number of amides is 1. The van der Waals surface area contributed by atoms with E-state index in [1.807, 2.05) is 27.7 Å². The summed E-state index contributed by atoms with van der Waals surface area (Å²) in [6.07, 6.45) is 5.63. The van der Waals surface area contributed by atoms with Crippen molar-refractivity contribution in [2.75, 3.05) is 6.61 Å². The molecule has 4 heteroatoms. The second-order valence-electron chi connectivity index (χ2n) is 6.57. The highest BCUT2D eigenvalue weighted by Gasteiger charge is 2.30. The fourth-order valence-electron chi connectivity index (χ4n) is 2.36. The number of carbonyl (C=O) groups is 2. The van der Waals surface area contributed by atoms with Gasteiger partial charge in [-0.25, -0.2) is 4.79 Å². The Morgan fingerprint density at radius 1 is 1.00 bits per heavy atom. The Hall–Kier alpha value is -1.06. The van der Waals surface area contributed by atoms with Crippen LogP contribution in [0.2, 0.25) is 0 Å². The van der Waals surface area contributed by atoms with Crippen LogP contribution in [0.5, 0.6) is 0 Å². The fourth-order valence-corrected chi connectivity index (χ4v) is 2.36. The first-order valence-electron chi connectivity index (χ1n) is 8.82. The van der Waals surface area contributed by atoms with Crippen molar-refractivity contribution in [3.63, 3.8) is 0 Å². The van der Waals surface area contributed by atoms with E-state index in [0.717, 1.165) is 32.1 Å². The Morgan fingerprint density at radius 3 is 2.14 bits per heavy atom. The first-order chi connectivity index (χ1) is 10.3. The van der Waals surface area contributed by atoms with Crippen molar-refractivity contribution in [3.05, 3.63) is 0 Å². The van der Waals surface area contributed by atoms with Gasteiger partial charge in [-0.05, 0) is 32.6 Å². The summed E-state index contributed by atoms with van der Waals surface area (Å²) in [4.78, 5) is 26.4. The molecular formula is C18H35NO3. The maximum atomic E-state index is 12.5. The SMILES string of the molecule is CCCCCCC(=O)N(C(C)CC)C(C)C(=O)OCC(C)C. The average molecular weight is 313 g/mol. The van der Waals surface area contributed by atoms with Crippen molar-refractivity contribution in [1.82, 2.24) is 4.90 Å². The minimum Gasteiger partial charge on any atom is -0.464 e. The summed E-state index contributed by atoms with van der Waals surface area (Å²) in [5, 5.41) is 0. The number of esters is 1. The van der Waals surface area contributed by atoms with Crippen LogP contribution in [0, 0.1) is 5.92 Å². The van der Waals surface area contributed by atoms with E-state index in [4.69, 9.17) is 4.74 Å².